The van der Waals surface area contributed by atoms with Crippen LogP contribution in [0.2, 0.25) is 0 Å². The third-order valence-corrected chi connectivity index (χ3v) is 3.86. The lowest BCUT2D eigenvalue weighted by atomic mass is 9.88. The summed E-state index contributed by atoms with van der Waals surface area (Å²) in [6, 6.07) is 0. The average Bonchev–Trinajstić information content (AvgIpc) is 2.72. The normalized spacial score (nSPS) is 19.0. The first-order chi connectivity index (χ1) is 7.62. The van der Waals surface area contributed by atoms with Crippen molar-refractivity contribution in [2.45, 2.75) is 46.5 Å². The number of hydrogen-bond acceptors (Lipinski definition) is 2. The zero-order valence-corrected chi connectivity index (χ0v) is 11.0. The van der Waals surface area contributed by atoms with E-state index in [0.717, 1.165) is 39.0 Å². The zero-order chi connectivity index (χ0) is 12.0. The molecule has 3 heteroatoms. The summed E-state index contributed by atoms with van der Waals surface area (Å²) in [6.45, 7) is 10.3. The number of hydrogen-bond donors (Lipinski definition) is 1. The van der Waals surface area contributed by atoms with Gasteiger partial charge in [-0.25, -0.2) is 0 Å². The van der Waals surface area contributed by atoms with Gasteiger partial charge in [-0.2, -0.15) is 0 Å². The molecule has 0 spiro atoms. The highest BCUT2D eigenvalue weighted by atomic mass is 16.2. The third-order valence-electron chi connectivity index (χ3n) is 3.86. The lowest BCUT2D eigenvalue weighted by Gasteiger charge is -2.24. The molecule has 0 unspecified atom stereocenters. The molecule has 16 heavy (non-hydrogen) atoms. The lowest BCUT2D eigenvalue weighted by molar-refractivity contribution is -0.129. The molecule has 1 fully saturated rings. The zero-order valence-electron chi connectivity index (χ0n) is 11.0. The molecule has 0 aliphatic heterocycles. The van der Waals surface area contributed by atoms with Gasteiger partial charge in [-0.3, -0.25) is 4.79 Å². The van der Waals surface area contributed by atoms with Crippen molar-refractivity contribution in [2.24, 2.45) is 5.41 Å². The van der Waals surface area contributed by atoms with E-state index in [0.29, 0.717) is 0 Å². The number of likely N-dealkylation sites (N-methyl/N-ethyl adjacent to an activating group) is 1. The van der Waals surface area contributed by atoms with Crippen molar-refractivity contribution in [3.8, 4) is 0 Å². The Bertz CT molecular complexity index is 218. The topological polar surface area (TPSA) is 32.3 Å². The van der Waals surface area contributed by atoms with Crippen LogP contribution in [0.5, 0.6) is 0 Å². The second kappa shape index (κ2) is 6.24. The predicted octanol–water partition coefficient (Wildman–Crippen LogP) is 2.02. The Balaban J connectivity index is 2.24. The molecule has 0 aromatic rings. The molecular formula is C13H26N2O. The summed E-state index contributed by atoms with van der Waals surface area (Å²) in [5.74, 6) is 0.261. The number of carbonyl (C=O) groups is 1. The molecule has 0 radical (unpaired) electrons. The first kappa shape index (κ1) is 13.5. The van der Waals surface area contributed by atoms with Gasteiger partial charge in [0.25, 0.3) is 0 Å². The molecule has 94 valence electrons. The quantitative estimate of drug-likeness (QED) is 0.751. The van der Waals surface area contributed by atoms with Gasteiger partial charge in [0.05, 0.1) is 0 Å². The number of carbonyl (C=O) groups excluding carboxylic acids is 1. The summed E-state index contributed by atoms with van der Waals surface area (Å²) in [7, 11) is 0. The molecule has 0 aromatic heterocycles. The molecule has 1 saturated carbocycles. The van der Waals surface area contributed by atoms with Crippen molar-refractivity contribution >= 4 is 5.91 Å². The largest absolute Gasteiger partial charge is 0.354 e. The van der Waals surface area contributed by atoms with Crippen LogP contribution < -0.4 is 5.32 Å². The van der Waals surface area contributed by atoms with Crippen molar-refractivity contribution in [1.82, 2.24) is 10.2 Å². The van der Waals surface area contributed by atoms with Gasteiger partial charge in [0.15, 0.2) is 0 Å². The van der Waals surface area contributed by atoms with Crippen LogP contribution in [0.15, 0.2) is 0 Å². The Morgan fingerprint density at radius 1 is 1.25 bits per heavy atom. The Morgan fingerprint density at radius 2 is 1.81 bits per heavy atom. The Kier molecular flexibility index (Phi) is 5.26. The van der Waals surface area contributed by atoms with Crippen LogP contribution in [-0.2, 0) is 4.79 Å². The SMILES string of the molecule is CCN(CC)CCNC(=O)C1(C)CCCC1. The molecule has 0 bridgehead atoms. The highest BCUT2D eigenvalue weighted by Gasteiger charge is 2.35. The Labute approximate surface area is 99.6 Å². The fraction of sp³-hybridized carbons (Fsp3) is 0.923. The monoisotopic (exact) mass is 226 g/mol. The van der Waals surface area contributed by atoms with E-state index in [9.17, 15) is 4.79 Å². The molecule has 0 heterocycles. The molecule has 1 aliphatic carbocycles. The van der Waals surface area contributed by atoms with Crippen LogP contribution in [0.3, 0.4) is 0 Å². The summed E-state index contributed by atoms with van der Waals surface area (Å²) >= 11 is 0. The van der Waals surface area contributed by atoms with Gasteiger partial charge in [-0.15, -0.1) is 0 Å². The summed E-state index contributed by atoms with van der Waals surface area (Å²) in [6.07, 6.45) is 4.54. The summed E-state index contributed by atoms with van der Waals surface area (Å²) < 4.78 is 0. The first-order valence-electron chi connectivity index (χ1n) is 6.63. The Morgan fingerprint density at radius 3 is 2.31 bits per heavy atom. The van der Waals surface area contributed by atoms with Gasteiger partial charge in [0, 0.05) is 18.5 Å². The summed E-state index contributed by atoms with van der Waals surface area (Å²) in [4.78, 5) is 14.3. The van der Waals surface area contributed by atoms with E-state index in [-0.39, 0.29) is 11.3 Å². The maximum atomic E-state index is 12.0. The van der Waals surface area contributed by atoms with Gasteiger partial charge >= 0.3 is 0 Å². The highest BCUT2D eigenvalue weighted by Crippen LogP contribution is 2.37. The molecule has 1 amide bonds. The van der Waals surface area contributed by atoms with Gasteiger partial charge in [0.1, 0.15) is 0 Å². The van der Waals surface area contributed by atoms with E-state index in [1.54, 1.807) is 0 Å². The first-order valence-corrected chi connectivity index (χ1v) is 6.63. The van der Waals surface area contributed by atoms with E-state index >= 15 is 0 Å². The molecule has 1 N–H and O–H groups in total. The molecule has 0 saturated heterocycles. The van der Waals surface area contributed by atoms with Crippen molar-refractivity contribution in [2.75, 3.05) is 26.2 Å². The van der Waals surface area contributed by atoms with Crippen LogP contribution >= 0.6 is 0 Å². The minimum absolute atomic E-state index is 0.0801. The van der Waals surface area contributed by atoms with E-state index in [1.165, 1.54) is 12.8 Å². The minimum atomic E-state index is -0.0801. The fourth-order valence-electron chi connectivity index (χ4n) is 2.46. The predicted molar refractivity (Wildman–Crippen MR) is 67.4 cm³/mol. The third kappa shape index (κ3) is 3.48. The second-order valence-corrected chi connectivity index (χ2v) is 5.05. The lowest BCUT2D eigenvalue weighted by Crippen LogP contribution is -2.41. The van der Waals surface area contributed by atoms with Gasteiger partial charge in [-0.1, -0.05) is 33.6 Å². The van der Waals surface area contributed by atoms with Gasteiger partial charge < -0.3 is 10.2 Å². The van der Waals surface area contributed by atoms with E-state index in [1.807, 2.05) is 0 Å². The summed E-state index contributed by atoms with van der Waals surface area (Å²) in [5, 5.41) is 3.08. The molecule has 0 atom stereocenters. The van der Waals surface area contributed by atoms with Crippen LogP contribution in [-0.4, -0.2) is 37.0 Å². The average molecular weight is 226 g/mol. The van der Waals surface area contributed by atoms with Crippen LogP contribution in [0.1, 0.15) is 46.5 Å². The van der Waals surface area contributed by atoms with E-state index in [4.69, 9.17) is 0 Å². The van der Waals surface area contributed by atoms with E-state index < -0.39 is 0 Å². The van der Waals surface area contributed by atoms with Gasteiger partial charge in [0.2, 0.25) is 5.91 Å². The maximum absolute atomic E-state index is 12.0. The second-order valence-electron chi connectivity index (χ2n) is 5.05. The number of rotatable bonds is 6. The minimum Gasteiger partial charge on any atom is -0.354 e. The smallest absolute Gasteiger partial charge is 0.225 e. The van der Waals surface area contributed by atoms with Crippen LogP contribution in [0.25, 0.3) is 0 Å². The highest BCUT2D eigenvalue weighted by molar-refractivity contribution is 5.82. The van der Waals surface area contributed by atoms with Crippen LogP contribution in [0, 0.1) is 5.41 Å². The molecule has 3 nitrogen and oxygen atoms in total. The molecular weight excluding hydrogens is 200 g/mol. The molecule has 1 rings (SSSR count). The van der Waals surface area contributed by atoms with Crippen molar-refractivity contribution < 1.29 is 4.79 Å². The fourth-order valence-corrected chi connectivity index (χ4v) is 2.46. The van der Waals surface area contributed by atoms with Gasteiger partial charge in [-0.05, 0) is 25.9 Å². The molecule has 1 aliphatic rings. The van der Waals surface area contributed by atoms with Crippen molar-refractivity contribution in [3.63, 3.8) is 0 Å². The number of amides is 1. The summed E-state index contributed by atoms with van der Waals surface area (Å²) in [5.41, 5.74) is -0.0801. The molecule has 0 aromatic carbocycles. The van der Waals surface area contributed by atoms with Crippen LogP contribution in [0.4, 0.5) is 0 Å². The maximum Gasteiger partial charge on any atom is 0.225 e. The number of nitrogens with one attached hydrogen (secondary N) is 1. The Hall–Kier alpha value is -0.570. The van der Waals surface area contributed by atoms with Crippen molar-refractivity contribution in [1.29, 1.82) is 0 Å². The number of nitrogens with zero attached hydrogens (tertiary/aromatic N) is 1. The van der Waals surface area contributed by atoms with Crippen molar-refractivity contribution in [3.05, 3.63) is 0 Å². The van der Waals surface area contributed by atoms with E-state index in [2.05, 4.69) is 31.0 Å². The standard InChI is InChI=1S/C13H26N2O/c1-4-15(5-2)11-10-14-12(16)13(3)8-6-7-9-13/h4-11H2,1-3H3,(H,14,16).